The molecule has 0 saturated heterocycles. The number of carboxylic acid groups (broad SMARTS) is 1. The van der Waals surface area contributed by atoms with Crippen LogP contribution < -0.4 is 17.2 Å². The summed E-state index contributed by atoms with van der Waals surface area (Å²) >= 11 is 0. The number of nitrogens with two attached hydrogens (primary N) is 3. The topological polar surface area (TPSA) is 142 Å². The monoisotopic (exact) mass is 219 g/mol. The van der Waals surface area contributed by atoms with Gasteiger partial charge in [-0.25, -0.2) is 4.79 Å². The molecule has 0 fully saturated rings. The van der Waals surface area contributed by atoms with Crippen molar-refractivity contribution in [2.24, 2.45) is 17.2 Å². The number of carbonyl (C=O) groups is 2. The van der Waals surface area contributed by atoms with Crippen molar-refractivity contribution in [1.29, 1.82) is 0 Å². The third kappa shape index (κ3) is 6.00. The Bertz CT molecular complexity index is 222. The summed E-state index contributed by atoms with van der Waals surface area (Å²) in [4.78, 5) is 21.4. The van der Waals surface area contributed by atoms with E-state index in [2.05, 4.69) is 4.74 Å². The van der Waals surface area contributed by atoms with Crippen LogP contribution in [0.25, 0.3) is 0 Å². The third-order valence-corrected chi connectivity index (χ3v) is 1.76. The van der Waals surface area contributed by atoms with E-state index in [1.807, 2.05) is 0 Å². The summed E-state index contributed by atoms with van der Waals surface area (Å²) < 4.78 is 4.39. The zero-order valence-corrected chi connectivity index (χ0v) is 8.39. The molecule has 0 bridgehead atoms. The van der Waals surface area contributed by atoms with Crippen LogP contribution in [0.3, 0.4) is 0 Å². The van der Waals surface area contributed by atoms with Crippen molar-refractivity contribution in [2.75, 3.05) is 6.54 Å². The lowest BCUT2D eigenvalue weighted by atomic mass is 10.1. The summed E-state index contributed by atoms with van der Waals surface area (Å²) in [6.45, 7) is 0.524. The van der Waals surface area contributed by atoms with Gasteiger partial charge in [0.05, 0.1) is 0 Å². The fourth-order valence-corrected chi connectivity index (χ4v) is 0.889. The summed E-state index contributed by atoms with van der Waals surface area (Å²) in [5.41, 5.74) is 15.7. The summed E-state index contributed by atoms with van der Waals surface area (Å²) in [7, 11) is 0. The van der Waals surface area contributed by atoms with Gasteiger partial charge < -0.3 is 21.3 Å². The summed E-state index contributed by atoms with van der Waals surface area (Å²) in [5.74, 6) is -2.21. The number of hydrogen-bond acceptors (Lipinski definition) is 6. The summed E-state index contributed by atoms with van der Waals surface area (Å²) in [6.07, 6.45) is 0.196. The average Bonchev–Trinajstić information content (AvgIpc) is 2.17. The molecule has 7 heteroatoms. The lowest BCUT2D eigenvalue weighted by molar-refractivity contribution is -0.164. The Morgan fingerprint density at radius 3 is 2.33 bits per heavy atom. The van der Waals surface area contributed by atoms with Crippen LogP contribution in [0.5, 0.6) is 0 Å². The SMILES string of the molecule is NCCCC[C@H](N)C(=O)OC(N)C(=O)O. The lowest BCUT2D eigenvalue weighted by Crippen LogP contribution is -2.41. The van der Waals surface area contributed by atoms with Crippen molar-refractivity contribution in [2.45, 2.75) is 31.5 Å². The Morgan fingerprint density at radius 1 is 1.27 bits per heavy atom. The van der Waals surface area contributed by atoms with E-state index in [0.29, 0.717) is 19.4 Å². The number of carboxylic acids is 1. The maximum atomic E-state index is 11.1. The van der Waals surface area contributed by atoms with Gasteiger partial charge in [0, 0.05) is 0 Å². The van der Waals surface area contributed by atoms with Crippen LogP contribution in [0.2, 0.25) is 0 Å². The van der Waals surface area contributed by atoms with Crippen LogP contribution >= 0.6 is 0 Å². The Balaban J connectivity index is 3.83. The normalized spacial score (nSPS) is 14.3. The molecule has 0 saturated carbocycles. The minimum atomic E-state index is -1.65. The van der Waals surface area contributed by atoms with E-state index in [9.17, 15) is 9.59 Å². The zero-order chi connectivity index (χ0) is 11.8. The predicted molar refractivity (Wildman–Crippen MR) is 52.6 cm³/mol. The second-order valence-electron chi connectivity index (χ2n) is 3.09. The molecule has 0 spiro atoms. The maximum Gasteiger partial charge on any atom is 0.360 e. The number of esters is 1. The van der Waals surface area contributed by atoms with E-state index in [0.717, 1.165) is 6.42 Å². The van der Waals surface area contributed by atoms with Gasteiger partial charge in [-0.05, 0) is 19.4 Å². The number of rotatable bonds is 7. The first kappa shape index (κ1) is 13.8. The van der Waals surface area contributed by atoms with Gasteiger partial charge in [-0.2, -0.15) is 0 Å². The molecule has 0 aliphatic rings. The van der Waals surface area contributed by atoms with Gasteiger partial charge in [-0.15, -0.1) is 0 Å². The Labute approximate surface area is 87.5 Å². The Hall–Kier alpha value is -1.18. The molecular formula is C8H17N3O4. The molecule has 0 rings (SSSR count). The molecule has 0 aromatic heterocycles. The molecule has 7 N–H and O–H groups in total. The summed E-state index contributed by atoms with van der Waals surface area (Å²) in [6, 6.07) is -0.845. The largest absolute Gasteiger partial charge is 0.477 e. The van der Waals surface area contributed by atoms with Gasteiger partial charge in [0.2, 0.25) is 6.23 Å². The molecule has 0 heterocycles. The van der Waals surface area contributed by atoms with Crippen LogP contribution in [-0.2, 0) is 14.3 Å². The molecule has 0 aliphatic carbocycles. The number of hydrogen-bond donors (Lipinski definition) is 4. The highest BCUT2D eigenvalue weighted by Gasteiger charge is 2.21. The number of unbranched alkanes of at least 4 members (excludes halogenated alkanes) is 1. The molecule has 0 amide bonds. The number of aliphatic carboxylic acids is 1. The molecule has 0 aromatic rings. The summed E-state index contributed by atoms with van der Waals surface area (Å²) in [5, 5.41) is 8.37. The van der Waals surface area contributed by atoms with Crippen molar-refractivity contribution in [3.63, 3.8) is 0 Å². The van der Waals surface area contributed by atoms with Gasteiger partial charge in [0.25, 0.3) is 0 Å². The first-order chi connectivity index (χ1) is 6.99. The van der Waals surface area contributed by atoms with Crippen LogP contribution in [0, 0.1) is 0 Å². The van der Waals surface area contributed by atoms with Crippen molar-refractivity contribution in [3.8, 4) is 0 Å². The van der Waals surface area contributed by atoms with Gasteiger partial charge in [0.1, 0.15) is 6.04 Å². The highest BCUT2D eigenvalue weighted by atomic mass is 16.6. The van der Waals surface area contributed by atoms with E-state index in [1.165, 1.54) is 0 Å². The highest BCUT2D eigenvalue weighted by molar-refractivity contribution is 5.80. The van der Waals surface area contributed by atoms with E-state index in [4.69, 9.17) is 22.3 Å². The van der Waals surface area contributed by atoms with Crippen molar-refractivity contribution < 1.29 is 19.4 Å². The van der Waals surface area contributed by atoms with Crippen LogP contribution in [0.1, 0.15) is 19.3 Å². The second-order valence-corrected chi connectivity index (χ2v) is 3.09. The van der Waals surface area contributed by atoms with Crippen molar-refractivity contribution in [1.82, 2.24) is 0 Å². The first-order valence-electron chi connectivity index (χ1n) is 4.63. The minimum Gasteiger partial charge on any atom is -0.477 e. The molecule has 1 unspecified atom stereocenters. The second kappa shape index (κ2) is 7.16. The molecule has 0 aromatic carbocycles. The van der Waals surface area contributed by atoms with Crippen LogP contribution in [0.15, 0.2) is 0 Å². The zero-order valence-electron chi connectivity index (χ0n) is 8.39. The fraction of sp³-hybridized carbons (Fsp3) is 0.750. The number of ether oxygens (including phenoxy) is 1. The van der Waals surface area contributed by atoms with Gasteiger partial charge >= 0.3 is 11.9 Å². The van der Waals surface area contributed by atoms with Crippen LogP contribution in [-0.4, -0.2) is 35.9 Å². The third-order valence-electron chi connectivity index (χ3n) is 1.76. The Morgan fingerprint density at radius 2 is 1.87 bits per heavy atom. The highest BCUT2D eigenvalue weighted by Crippen LogP contribution is 2.00. The molecule has 7 nitrogen and oxygen atoms in total. The molecule has 0 aliphatic heterocycles. The van der Waals surface area contributed by atoms with Gasteiger partial charge in [-0.1, -0.05) is 6.42 Å². The fourth-order valence-electron chi connectivity index (χ4n) is 0.889. The molecule has 0 radical (unpaired) electrons. The Kier molecular flexibility index (Phi) is 6.59. The molecule has 88 valence electrons. The lowest BCUT2D eigenvalue weighted by Gasteiger charge is -2.13. The van der Waals surface area contributed by atoms with E-state index in [-0.39, 0.29) is 0 Å². The first-order valence-corrected chi connectivity index (χ1v) is 4.63. The predicted octanol–water partition coefficient (Wildman–Crippen LogP) is -1.64. The standard InChI is InChI=1S/C8H17N3O4/c9-4-2-1-3-5(10)8(14)15-6(11)7(12)13/h5-6H,1-4,9-11H2,(H,12,13)/t5-,6?/m0/s1. The quantitative estimate of drug-likeness (QED) is 0.228. The minimum absolute atomic E-state index is 0.405. The van der Waals surface area contributed by atoms with E-state index in [1.54, 1.807) is 0 Å². The maximum absolute atomic E-state index is 11.1. The van der Waals surface area contributed by atoms with Crippen molar-refractivity contribution >= 4 is 11.9 Å². The van der Waals surface area contributed by atoms with Crippen molar-refractivity contribution in [3.05, 3.63) is 0 Å². The molecule has 15 heavy (non-hydrogen) atoms. The average molecular weight is 219 g/mol. The molecule has 2 atom stereocenters. The van der Waals surface area contributed by atoms with Gasteiger partial charge in [-0.3, -0.25) is 10.5 Å². The van der Waals surface area contributed by atoms with Gasteiger partial charge in [0.15, 0.2) is 0 Å². The smallest absolute Gasteiger partial charge is 0.360 e. The van der Waals surface area contributed by atoms with E-state index >= 15 is 0 Å². The molecular weight excluding hydrogens is 202 g/mol. The number of carbonyl (C=O) groups excluding carboxylic acids is 1. The van der Waals surface area contributed by atoms with E-state index < -0.39 is 24.2 Å². The van der Waals surface area contributed by atoms with Crippen LogP contribution in [0.4, 0.5) is 0 Å².